The summed E-state index contributed by atoms with van der Waals surface area (Å²) in [5.41, 5.74) is 5.37. The first kappa shape index (κ1) is 19.6. The second-order valence-corrected chi connectivity index (χ2v) is 8.48. The molecule has 5 rings (SSSR count). The van der Waals surface area contributed by atoms with E-state index in [1.807, 2.05) is 47.9 Å². The van der Waals surface area contributed by atoms with E-state index in [4.69, 9.17) is 4.42 Å². The van der Waals surface area contributed by atoms with Crippen molar-refractivity contribution in [2.24, 2.45) is 0 Å². The van der Waals surface area contributed by atoms with Gasteiger partial charge in [0.25, 0.3) is 5.89 Å². The standard InChI is InChI=1S/C25H19BrN2O3/c1-15-19(12-16-6-8-17(26)9-7-16)20-13-18(29)10-11-22(20)28(15)14-23(30)25-27-21-4-2-3-5-24(21)31-25/h2-11,13,29H,12,14H2,1H3. The monoisotopic (exact) mass is 474 g/mol. The van der Waals surface area contributed by atoms with Crippen molar-refractivity contribution < 1.29 is 14.3 Å². The van der Waals surface area contributed by atoms with Gasteiger partial charge in [0.1, 0.15) is 11.3 Å². The van der Waals surface area contributed by atoms with Crippen molar-refractivity contribution in [3.8, 4) is 5.75 Å². The van der Waals surface area contributed by atoms with Crippen LogP contribution in [0.5, 0.6) is 5.75 Å². The van der Waals surface area contributed by atoms with Crippen LogP contribution in [-0.2, 0) is 13.0 Å². The lowest BCUT2D eigenvalue weighted by atomic mass is 10.0. The number of nitrogens with zero attached hydrogens (tertiary/aromatic N) is 2. The number of halogens is 1. The Morgan fingerprint density at radius 1 is 1.10 bits per heavy atom. The summed E-state index contributed by atoms with van der Waals surface area (Å²) < 4.78 is 8.67. The van der Waals surface area contributed by atoms with Gasteiger partial charge in [0, 0.05) is 21.1 Å². The number of aromatic hydroxyl groups is 1. The van der Waals surface area contributed by atoms with Gasteiger partial charge in [0.15, 0.2) is 5.58 Å². The summed E-state index contributed by atoms with van der Waals surface area (Å²) in [6.45, 7) is 2.12. The fraction of sp³-hybridized carbons (Fsp3) is 0.120. The minimum atomic E-state index is -0.195. The number of Topliss-reactive ketones (excluding diaryl/α,β-unsaturated/α-hetero) is 1. The first-order valence-corrected chi connectivity index (χ1v) is 10.7. The van der Waals surface area contributed by atoms with Crippen molar-refractivity contribution in [2.45, 2.75) is 19.9 Å². The maximum Gasteiger partial charge on any atom is 0.266 e. The van der Waals surface area contributed by atoms with Crippen LogP contribution in [-0.4, -0.2) is 20.4 Å². The molecule has 0 aliphatic heterocycles. The number of ketones is 1. The molecule has 2 aromatic heterocycles. The molecule has 1 N–H and O–H groups in total. The van der Waals surface area contributed by atoms with Crippen LogP contribution in [0.1, 0.15) is 27.5 Å². The number of carbonyl (C=O) groups excluding carboxylic acids is 1. The van der Waals surface area contributed by atoms with Crippen molar-refractivity contribution in [2.75, 3.05) is 0 Å². The van der Waals surface area contributed by atoms with Crippen LogP contribution in [0.15, 0.2) is 75.6 Å². The summed E-state index contributed by atoms with van der Waals surface area (Å²) in [6.07, 6.45) is 0.698. The Balaban J connectivity index is 1.55. The molecule has 0 aliphatic carbocycles. The second-order valence-electron chi connectivity index (χ2n) is 7.56. The Morgan fingerprint density at radius 3 is 2.65 bits per heavy atom. The molecule has 0 saturated carbocycles. The van der Waals surface area contributed by atoms with Crippen LogP contribution in [0.4, 0.5) is 0 Å². The van der Waals surface area contributed by atoms with Gasteiger partial charge in [-0.05, 0) is 66.9 Å². The highest BCUT2D eigenvalue weighted by Crippen LogP contribution is 2.31. The molecule has 0 unspecified atom stereocenters. The number of para-hydroxylation sites is 2. The fourth-order valence-electron chi connectivity index (χ4n) is 3.98. The minimum absolute atomic E-state index is 0.107. The first-order chi connectivity index (χ1) is 15.0. The zero-order valence-electron chi connectivity index (χ0n) is 16.8. The molecule has 0 aliphatic rings. The van der Waals surface area contributed by atoms with Gasteiger partial charge in [-0.2, -0.15) is 0 Å². The third kappa shape index (κ3) is 3.64. The molecule has 0 atom stereocenters. The van der Waals surface area contributed by atoms with E-state index in [0.29, 0.717) is 17.5 Å². The number of hydrogen-bond donors (Lipinski definition) is 1. The summed E-state index contributed by atoms with van der Waals surface area (Å²) >= 11 is 3.47. The molecule has 31 heavy (non-hydrogen) atoms. The Labute approximate surface area is 187 Å². The predicted molar refractivity (Wildman–Crippen MR) is 124 cm³/mol. The molecule has 6 heteroatoms. The molecule has 0 saturated heterocycles. The van der Waals surface area contributed by atoms with Crippen molar-refractivity contribution >= 4 is 43.7 Å². The van der Waals surface area contributed by atoms with E-state index in [2.05, 4.69) is 33.0 Å². The summed E-state index contributed by atoms with van der Waals surface area (Å²) in [5, 5.41) is 11.0. The number of fused-ring (bicyclic) bond motifs is 2. The maximum atomic E-state index is 13.0. The van der Waals surface area contributed by atoms with E-state index >= 15 is 0 Å². The molecule has 0 amide bonds. The van der Waals surface area contributed by atoms with Crippen molar-refractivity contribution in [1.82, 2.24) is 9.55 Å². The Kier molecular flexibility index (Phi) is 4.87. The molecule has 2 heterocycles. The highest BCUT2D eigenvalue weighted by atomic mass is 79.9. The Bertz CT molecular complexity index is 1400. The molecule has 5 nitrogen and oxygen atoms in total. The van der Waals surface area contributed by atoms with E-state index < -0.39 is 0 Å². The van der Waals surface area contributed by atoms with Crippen molar-refractivity contribution in [3.05, 3.63) is 93.9 Å². The number of benzene rings is 3. The fourth-order valence-corrected chi connectivity index (χ4v) is 4.24. The summed E-state index contributed by atoms with van der Waals surface area (Å²) in [7, 11) is 0. The minimum Gasteiger partial charge on any atom is -0.508 e. The number of rotatable bonds is 5. The number of phenolic OH excluding ortho intramolecular Hbond substituents is 1. The topological polar surface area (TPSA) is 68.3 Å². The van der Waals surface area contributed by atoms with Crippen LogP contribution in [0.2, 0.25) is 0 Å². The quantitative estimate of drug-likeness (QED) is 0.315. The number of hydrogen-bond acceptors (Lipinski definition) is 4. The van der Waals surface area contributed by atoms with Crippen LogP contribution in [0.25, 0.3) is 22.0 Å². The average molecular weight is 475 g/mol. The maximum absolute atomic E-state index is 13.0. The number of oxazole rings is 1. The number of aromatic nitrogens is 2. The smallest absolute Gasteiger partial charge is 0.266 e. The van der Waals surface area contributed by atoms with Gasteiger partial charge in [-0.1, -0.05) is 40.2 Å². The molecular formula is C25H19BrN2O3. The summed E-state index contributed by atoms with van der Waals surface area (Å²) in [6, 6.07) is 20.8. The van der Waals surface area contributed by atoms with Gasteiger partial charge in [-0.15, -0.1) is 0 Å². The van der Waals surface area contributed by atoms with E-state index in [1.54, 1.807) is 18.2 Å². The Hall–Kier alpha value is -3.38. The molecule has 3 aromatic carbocycles. The van der Waals surface area contributed by atoms with Crippen LogP contribution in [0, 0.1) is 6.92 Å². The molecule has 0 bridgehead atoms. The van der Waals surface area contributed by atoms with E-state index in [1.165, 1.54) is 0 Å². The third-order valence-corrected chi connectivity index (χ3v) is 6.09. The lowest BCUT2D eigenvalue weighted by Crippen LogP contribution is -2.12. The SMILES string of the molecule is Cc1c(Cc2ccc(Br)cc2)c2cc(O)ccc2n1CC(=O)c1nc2ccccc2o1. The third-order valence-electron chi connectivity index (χ3n) is 5.57. The van der Waals surface area contributed by atoms with Gasteiger partial charge in [0.2, 0.25) is 5.78 Å². The zero-order valence-corrected chi connectivity index (χ0v) is 18.4. The summed E-state index contributed by atoms with van der Waals surface area (Å²) in [4.78, 5) is 17.4. The molecule has 5 aromatic rings. The molecule has 0 spiro atoms. The predicted octanol–water partition coefficient (Wildman–Crippen LogP) is 6.03. The van der Waals surface area contributed by atoms with E-state index in [-0.39, 0.29) is 24.0 Å². The van der Waals surface area contributed by atoms with Gasteiger partial charge in [-0.3, -0.25) is 4.79 Å². The average Bonchev–Trinajstić information content (AvgIpc) is 3.30. The van der Waals surface area contributed by atoms with Crippen LogP contribution in [0.3, 0.4) is 0 Å². The largest absolute Gasteiger partial charge is 0.508 e. The van der Waals surface area contributed by atoms with Gasteiger partial charge < -0.3 is 14.1 Å². The van der Waals surface area contributed by atoms with Crippen LogP contribution >= 0.6 is 15.9 Å². The molecule has 0 fully saturated rings. The molecule has 154 valence electrons. The highest BCUT2D eigenvalue weighted by molar-refractivity contribution is 9.10. The second kappa shape index (κ2) is 7.71. The number of phenols is 1. The highest BCUT2D eigenvalue weighted by Gasteiger charge is 2.20. The molecule has 0 radical (unpaired) electrons. The van der Waals surface area contributed by atoms with Gasteiger partial charge in [-0.25, -0.2) is 4.98 Å². The van der Waals surface area contributed by atoms with Crippen molar-refractivity contribution in [1.29, 1.82) is 0 Å². The van der Waals surface area contributed by atoms with Crippen LogP contribution < -0.4 is 0 Å². The molecular weight excluding hydrogens is 456 g/mol. The number of carbonyl (C=O) groups is 1. The van der Waals surface area contributed by atoms with E-state index in [0.717, 1.165) is 32.2 Å². The Morgan fingerprint density at radius 2 is 1.87 bits per heavy atom. The van der Waals surface area contributed by atoms with E-state index in [9.17, 15) is 9.90 Å². The lowest BCUT2D eigenvalue weighted by molar-refractivity contribution is 0.0941. The van der Waals surface area contributed by atoms with Gasteiger partial charge in [0.05, 0.1) is 6.54 Å². The lowest BCUT2D eigenvalue weighted by Gasteiger charge is -2.07. The summed E-state index contributed by atoms with van der Waals surface area (Å²) in [5.74, 6) is 0.113. The zero-order chi connectivity index (χ0) is 21.5. The van der Waals surface area contributed by atoms with Crippen molar-refractivity contribution in [3.63, 3.8) is 0 Å². The normalized spacial score (nSPS) is 11.4. The van der Waals surface area contributed by atoms with Gasteiger partial charge >= 0.3 is 0 Å². The first-order valence-electron chi connectivity index (χ1n) is 9.93.